The van der Waals surface area contributed by atoms with Gasteiger partial charge in [0.1, 0.15) is 11.5 Å². The Morgan fingerprint density at radius 3 is 2.00 bits per heavy atom. The fourth-order valence-electron chi connectivity index (χ4n) is 2.72. The molecule has 1 aliphatic heterocycles. The average molecular weight is 298 g/mol. The van der Waals surface area contributed by atoms with Crippen LogP contribution in [0.25, 0.3) is 0 Å². The van der Waals surface area contributed by atoms with Crippen LogP contribution in [-0.4, -0.2) is 0 Å². The molecule has 0 saturated heterocycles. The molecule has 0 atom stereocenters. The van der Waals surface area contributed by atoms with Crippen molar-refractivity contribution in [1.29, 1.82) is 0 Å². The summed E-state index contributed by atoms with van der Waals surface area (Å²) in [6.45, 7) is 13.2. The van der Waals surface area contributed by atoms with Crippen LogP contribution in [0.15, 0.2) is 34.1 Å². The number of hydrogen-bond acceptors (Lipinski definition) is 2. The van der Waals surface area contributed by atoms with Gasteiger partial charge in [0.25, 0.3) is 0 Å². The highest BCUT2D eigenvalue weighted by molar-refractivity contribution is 7.99. The van der Waals surface area contributed by atoms with Crippen molar-refractivity contribution in [3.63, 3.8) is 0 Å². The van der Waals surface area contributed by atoms with E-state index in [1.807, 2.05) is 11.8 Å². The van der Waals surface area contributed by atoms with Crippen molar-refractivity contribution in [2.75, 3.05) is 0 Å². The summed E-state index contributed by atoms with van der Waals surface area (Å²) in [4.78, 5) is 2.46. The highest BCUT2D eigenvalue weighted by atomic mass is 32.2. The summed E-state index contributed by atoms with van der Waals surface area (Å²) in [5.74, 6) is 2.04. The maximum Gasteiger partial charge on any atom is 0.144 e. The topological polar surface area (TPSA) is 9.23 Å². The molecule has 2 aromatic rings. The summed E-state index contributed by atoms with van der Waals surface area (Å²) in [5.41, 5.74) is 5.23. The minimum atomic E-state index is 0.156. The van der Waals surface area contributed by atoms with E-state index in [1.165, 1.54) is 32.0 Å². The minimum absolute atomic E-state index is 0.156. The van der Waals surface area contributed by atoms with Gasteiger partial charge < -0.3 is 4.74 Å². The van der Waals surface area contributed by atoms with Gasteiger partial charge in [0.15, 0.2) is 0 Å². The average Bonchev–Trinajstić information content (AvgIpc) is 2.35. The molecule has 0 radical (unpaired) electrons. The van der Waals surface area contributed by atoms with Crippen LogP contribution in [0.4, 0.5) is 0 Å². The summed E-state index contributed by atoms with van der Waals surface area (Å²) in [6.07, 6.45) is 0. The monoisotopic (exact) mass is 298 g/mol. The highest BCUT2D eigenvalue weighted by Gasteiger charge is 2.24. The molecule has 0 bridgehead atoms. The van der Waals surface area contributed by atoms with Crippen molar-refractivity contribution in [3.8, 4) is 11.5 Å². The first-order valence-electron chi connectivity index (χ1n) is 7.38. The lowest BCUT2D eigenvalue weighted by atomic mass is 9.86. The van der Waals surface area contributed by atoms with Gasteiger partial charge in [0, 0.05) is 0 Å². The Morgan fingerprint density at radius 1 is 0.810 bits per heavy atom. The summed E-state index contributed by atoms with van der Waals surface area (Å²) in [6, 6.07) is 8.94. The van der Waals surface area contributed by atoms with Gasteiger partial charge in [-0.05, 0) is 60.6 Å². The first-order valence-corrected chi connectivity index (χ1v) is 8.19. The van der Waals surface area contributed by atoms with Crippen LogP contribution in [0.5, 0.6) is 11.5 Å². The molecule has 1 aliphatic rings. The molecule has 21 heavy (non-hydrogen) atoms. The van der Waals surface area contributed by atoms with Crippen molar-refractivity contribution in [2.24, 2.45) is 0 Å². The molecule has 3 rings (SSSR count). The number of fused-ring (bicyclic) bond motifs is 2. The lowest BCUT2D eigenvalue weighted by molar-refractivity contribution is 0.445. The quantitative estimate of drug-likeness (QED) is 0.491. The molecule has 0 amide bonds. The zero-order valence-corrected chi connectivity index (χ0v) is 14.4. The molecular weight excluding hydrogens is 276 g/mol. The highest BCUT2D eigenvalue weighted by Crippen LogP contribution is 2.51. The fraction of sp³-hybridized carbons (Fsp3) is 0.368. The number of rotatable bonds is 0. The van der Waals surface area contributed by atoms with E-state index in [1.54, 1.807) is 0 Å². The van der Waals surface area contributed by atoms with Crippen LogP contribution >= 0.6 is 11.8 Å². The first kappa shape index (κ1) is 14.5. The van der Waals surface area contributed by atoms with Crippen molar-refractivity contribution in [2.45, 2.75) is 56.7 Å². The van der Waals surface area contributed by atoms with Crippen molar-refractivity contribution in [1.82, 2.24) is 0 Å². The third-order valence-corrected chi connectivity index (χ3v) is 4.96. The maximum atomic E-state index is 6.24. The molecule has 1 nitrogen and oxygen atoms in total. The third kappa shape index (κ3) is 2.57. The van der Waals surface area contributed by atoms with Gasteiger partial charge in [0.05, 0.1) is 9.79 Å². The van der Waals surface area contributed by atoms with E-state index >= 15 is 0 Å². The largest absolute Gasteiger partial charge is 0.454 e. The molecular formula is C19H22OS. The number of hydrogen-bond donors (Lipinski definition) is 0. The van der Waals surface area contributed by atoms with E-state index in [2.05, 4.69) is 65.8 Å². The Morgan fingerprint density at radius 2 is 1.38 bits per heavy atom. The molecule has 2 aromatic carbocycles. The molecule has 0 aliphatic carbocycles. The second-order valence-electron chi connectivity index (χ2n) is 6.98. The van der Waals surface area contributed by atoms with Gasteiger partial charge in [-0.25, -0.2) is 0 Å². The van der Waals surface area contributed by atoms with Gasteiger partial charge in [-0.15, -0.1) is 0 Å². The summed E-state index contributed by atoms with van der Waals surface area (Å²) >= 11 is 1.83. The van der Waals surface area contributed by atoms with Crippen molar-refractivity contribution < 1.29 is 4.74 Å². The zero-order chi connectivity index (χ0) is 15.4. The predicted molar refractivity (Wildman–Crippen MR) is 90.0 cm³/mol. The van der Waals surface area contributed by atoms with Crippen molar-refractivity contribution >= 4 is 11.8 Å². The van der Waals surface area contributed by atoms with Crippen molar-refractivity contribution in [3.05, 3.63) is 46.5 Å². The lowest BCUT2D eigenvalue weighted by Crippen LogP contribution is -2.12. The zero-order valence-electron chi connectivity index (χ0n) is 13.6. The van der Waals surface area contributed by atoms with E-state index in [0.717, 1.165) is 11.5 Å². The molecule has 110 valence electrons. The minimum Gasteiger partial charge on any atom is -0.454 e. The Kier molecular flexibility index (Phi) is 3.32. The molecule has 0 N–H and O–H groups in total. The fourth-order valence-corrected chi connectivity index (χ4v) is 3.98. The molecule has 0 aromatic heterocycles. The van der Waals surface area contributed by atoms with E-state index in [0.29, 0.717) is 0 Å². The van der Waals surface area contributed by atoms with Gasteiger partial charge in [-0.1, -0.05) is 44.7 Å². The normalized spacial score (nSPS) is 13.4. The second kappa shape index (κ2) is 4.81. The van der Waals surface area contributed by atoms with Crippen LogP contribution < -0.4 is 4.74 Å². The van der Waals surface area contributed by atoms with Crippen LogP contribution in [0.2, 0.25) is 0 Å². The number of benzene rings is 2. The van der Waals surface area contributed by atoms with Crippen LogP contribution in [0.1, 0.15) is 43.0 Å². The second-order valence-corrected chi connectivity index (χ2v) is 8.07. The Hall–Kier alpha value is -1.41. The molecule has 2 heteroatoms. The van der Waals surface area contributed by atoms with E-state index < -0.39 is 0 Å². The maximum absolute atomic E-state index is 6.24. The Labute approximate surface area is 131 Å². The predicted octanol–water partition coefficient (Wildman–Crippen LogP) is 6.17. The molecule has 1 heterocycles. The van der Waals surface area contributed by atoms with Crippen LogP contribution in [0, 0.1) is 20.8 Å². The Balaban J connectivity index is 2.14. The van der Waals surface area contributed by atoms with Gasteiger partial charge in [-0.3, -0.25) is 0 Å². The van der Waals surface area contributed by atoms with Crippen LogP contribution in [-0.2, 0) is 5.41 Å². The molecule has 0 spiro atoms. The van der Waals surface area contributed by atoms with Crippen LogP contribution in [0.3, 0.4) is 0 Å². The molecule has 0 saturated carbocycles. The van der Waals surface area contributed by atoms with Gasteiger partial charge in [-0.2, -0.15) is 0 Å². The molecule has 0 fully saturated rings. The summed E-state index contributed by atoms with van der Waals surface area (Å²) < 4.78 is 6.24. The summed E-state index contributed by atoms with van der Waals surface area (Å²) in [5, 5.41) is 0. The van der Waals surface area contributed by atoms with Gasteiger partial charge >= 0.3 is 0 Å². The van der Waals surface area contributed by atoms with E-state index in [-0.39, 0.29) is 5.41 Å². The standard InChI is InChI=1S/C19H22OS/c1-11-7-12(2)17-15(8-11)21-16-10-14(19(4,5)6)9-13(3)18(16)20-17/h7-10H,1-6H3. The Bertz CT molecular complexity index is 723. The van der Waals surface area contributed by atoms with E-state index in [4.69, 9.17) is 4.74 Å². The molecule has 0 unspecified atom stereocenters. The SMILES string of the molecule is Cc1cc(C)c2c(c1)Sc1cc(C(C)(C)C)cc(C)c1O2. The van der Waals surface area contributed by atoms with E-state index in [9.17, 15) is 0 Å². The first-order chi connectivity index (χ1) is 9.75. The lowest BCUT2D eigenvalue weighted by Gasteiger charge is -2.27. The number of aryl methyl sites for hydroxylation is 3. The summed E-state index contributed by atoms with van der Waals surface area (Å²) in [7, 11) is 0. The number of ether oxygens (including phenoxy) is 1. The smallest absolute Gasteiger partial charge is 0.144 e. The van der Waals surface area contributed by atoms with Gasteiger partial charge in [0.2, 0.25) is 0 Å². The third-order valence-electron chi connectivity index (χ3n) is 3.92.